The van der Waals surface area contributed by atoms with E-state index < -0.39 is 0 Å². The molecule has 0 spiro atoms. The molecule has 23 heavy (non-hydrogen) atoms. The zero-order chi connectivity index (χ0) is 17.0. The molecule has 0 bridgehead atoms. The van der Waals surface area contributed by atoms with Gasteiger partial charge in [0, 0.05) is 5.69 Å². The molecule has 2 nitrogen and oxygen atoms in total. The van der Waals surface area contributed by atoms with Crippen LogP contribution in [0.3, 0.4) is 0 Å². The molecule has 2 heteroatoms. The van der Waals surface area contributed by atoms with Crippen LogP contribution >= 0.6 is 0 Å². The van der Waals surface area contributed by atoms with E-state index in [-0.39, 0.29) is 11.5 Å². The van der Waals surface area contributed by atoms with Crippen molar-refractivity contribution in [2.45, 2.75) is 53.1 Å². The third kappa shape index (κ3) is 5.02. The Morgan fingerprint density at radius 2 is 1.65 bits per heavy atom. The molecule has 2 aromatic rings. The number of rotatable bonds is 5. The van der Waals surface area contributed by atoms with Gasteiger partial charge in [-0.25, -0.2) is 0 Å². The van der Waals surface area contributed by atoms with Crippen molar-refractivity contribution in [1.82, 2.24) is 0 Å². The number of anilines is 1. The highest BCUT2D eigenvalue weighted by atomic mass is 16.5. The molecule has 2 aromatic carbocycles. The van der Waals surface area contributed by atoms with E-state index in [1.807, 2.05) is 0 Å². The van der Waals surface area contributed by atoms with E-state index >= 15 is 0 Å². The quantitative estimate of drug-likeness (QED) is 0.789. The Labute approximate surface area is 140 Å². The standard InChI is InChI=1S/C21H29NO/c1-15-7-12-20(16(2)13-15)22-14-17(3)23-19-10-8-18(9-11-19)21(4,5)6/h7-13,17,22H,14H2,1-6H3. The van der Waals surface area contributed by atoms with Crippen LogP contribution < -0.4 is 10.1 Å². The van der Waals surface area contributed by atoms with Gasteiger partial charge in [-0.05, 0) is 55.5 Å². The molecule has 0 aliphatic heterocycles. The minimum absolute atomic E-state index is 0.108. The van der Waals surface area contributed by atoms with Crippen LogP contribution in [-0.2, 0) is 5.41 Å². The molecule has 1 unspecified atom stereocenters. The van der Waals surface area contributed by atoms with Gasteiger partial charge >= 0.3 is 0 Å². The molecule has 0 heterocycles. The highest BCUT2D eigenvalue weighted by Crippen LogP contribution is 2.24. The Kier molecular flexibility index (Phi) is 5.35. The molecule has 2 rings (SSSR count). The fraction of sp³-hybridized carbons (Fsp3) is 0.429. The molecule has 0 aliphatic carbocycles. The number of nitrogens with one attached hydrogen (secondary N) is 1. The predicted octanol–water partition coefficient (Wildman–Crippen LogP) is 5.48. The van der Waals surface area contributed by atoms with Gasteiger partial charge in [0.2, 0.25) is 0 Å². The van der Waals surface area contributed by atoms with Gasteiger partial charge in [0.1, 0.15) is 11.9 Å². The number of ether oxygens (including phenoxy) is 1. The van der Waals surface area contributed by atoms with Crippen LogP contribution in [0.1, 0.15) is 44.4 Å². The van der Waals surface area contributed by atoms with Gasteiger partial charge in [-0.1, -0.05) is 50.6 Å². The Morgan fingerprint density at radius 3 is 2.22 bits per heavy atom. The third-order valence-electron chi connectivity index (χ3n) is 4.02. The highest BCUT2D eigenvalue weighted by molar-refractivity contribution is 5.52. The van der Waals surface area contributed by atoms with Crippen LogP contribution in [-0.4, -0.2) is 12.6 Å². The fourth-order valence-corrected chi connectivity index (χ4v) is 2.57. The minimum Gasteiger partial charge on any atom is -0.489 e. The molecule has 0 saturated carbocycles. The van der Waals surface area contributed by atoms with Gasteiger partial charge in [-0.2, -0.15) is 0 Å². The van der Waals surface area contributed by atoms with Gasteiger partial charge in [-0.15, -0.1) is 0 Å². The summed E-state index contributed by atoms with van der Waals surface area (Å²) in [5.74, 6) is 0.924. The minimum atomic E-state index is 0.108. The maximum Gasteiger partial charge on any atom is 0.119 e. The number of hydrogen-bond donors (Lipinski definition) is 1. The summed E-state index contributed by atoms with van der Waals surface area (Å²) in [5, 5.41) is 3.47. The van der Waals surface area contributed by atoms with E-state index in [1.54, 1.807) is 0 Å². The van der Waals surface area contributed by atoms with Crippen LogP contribution in [0.2, 0.25) is 0 Å². The molecule has 1 atom stereocenters. The van der Waals surface area contributed by atoms with Gasteiger partial charge in [-0.3, -0.25) is 0 Å². The lowest BCUT2D eigenvalue weighted by molar-refractivity contribution is 0.234. The summed E-state index contributed by atoms with van der Waals surface area (Å²) >= 11 is 0. The summed E-state index contributed by atoms with van der Waals surface area (Å²) in [5.41, 5.74) is 5.23. The first-order valence-corrected chi connectivity index (χ1v) is 8.34. The van der Waals surface area contributed by atoms with Crippen LogP contribution in [0.25, 0.3) is 0 Å². The van der Waals surface area contributed by atoms with Crippen LogP contribution in [0.5, 0.6) is 5.75 Å². The number of benzene rings is 2. The molecule has 0 radical (unpaired) electrons. The molecule has 0 aliphatic rings. The maximum absolute atomic E-state index is 6.00. The molecule has 1 N–H and O–H groups in total. The smallest absolute Gasteiger partial charge is 0.119 e. The molecule has 0 amide bonds. The molecular weight excluding hydrogens is 282 g/mol. The Bertz CT molecular complexity index is 638. The van der Waals surface area contributed by atoms with Gasteiger partial charge < -0.3 is 10.1 Å². The molecular formula is C21H29NO. The second-order valence-electron chi connectivity index (χ2n) is 7.40. The lowest BCUT2D eigenvalue weighted by Gasteiger charge is -2.21. The Morgan fingerprint density at radius 1 is 1.00 bits per heavy atom. The largest absolute Gasteiger partial charge is 0.489 e. The average Bonchev–Trinajstić information content (AvgIpc) is 2.46. The predicted molar refractivity (Wildman–Crippen MR) is 99.6 cm³/mol. The normalized spacial score (nSPS) is 12.8. The molecule has 0 fully saturated rings. The number of aryl methyl sites for hydroxylation is 2. The van der Waals surface area contributed by atoms with Crippen LogP contribution in [0.4, 0.5) is 5.69 Å². The van der Waals surface area contributed by atoms with Crippen LogP contribution in [0, 0.1) is 13.8 Å². The van der Waals surface area contributed by atoms with E-state index in [1.165, 1.54) is 22.4 Å². The summed E-state index contributed by atoms with van der Waals surface area (Å²) in [4.78, 5) is 0. The SMILES string of the molecule is Cc1ccc(NCC(C)Oc2ccc(C(C)(C)C)cc2)c(C)c1. The Balaban J connectivity index is 1.90. The lowest BCUT2D eigenvalue weighted by atomic mass is 9.87. The summed E-state index contributed by atoms with van der Waals surface area (Å²) in [6, 6.07) is 14.9. The zero-order valence-corrected chi connectivity index (χ0v) is 15.2. The lowest BCUT2D eigenvalue weighted by Crippen LogP contribution is -2.23. The maximum atomic E-state index is 6.00. The number of hydrogen-bond acceptors (Lipinski definition) is 2. The second-order valence-corrected chi connectivity index (χ2v) is 7.40. The average molecular weight is 311 g/mol. The second kappa shape index (κ2) is 7.08. The topological polar surface area (TPSA) is 21.3 Å². The van der Waals surface area contributed by atoms with Gasteiger partial charge in [0.05, 0.1) is 6.54 Å². The first kappa shape index (κ1) is 17.4. The van der Waals surface area contributed by atoms with Gasteiger partial charge in [0.25, 0.3) is 0 Å². The van der Waals surface area contributed by atoms with Crippen molar-refractivity contribution in [3.05, 3.63) is 59.2 Å². The van der Waals surface area contributed by atoms with Crippen molar-refractivity contribution >= 4 is 5.69 Å². The van der Waals surface area contributed by atoms with Crippen LogP contribution in [0.15, 0.2) is 42.5 Å². The summed E-state index contributed by atoms with van der Waals surface area (Å²) in [6.45, 7) is 13.8. The molecule has 124 valence electrons. The molecule has 0 saturated heterocycles. The molecule has 0 aromatic heterocycles. The first-order chi connectivity index (χ1) is 10.8. The summed E-state index contributed by atoms with van der Waals surface area (Å²) in [7, 11) is 0. The summed E-state index contributed by atoms with van der Waals surface area (Å²) < 4.78 is 6.00. The fourth-order valence-electron chi connectivity index (χ4n) is 2.57. The Hall–Kier alpha value is -1.96. The van der Waals surface area contributed by atoms with Crippen molar-refractivity contribution < 1.29 is 4.74 Å². The van der Waals surface area contributed by atoms with Gasteiger partial charge in [0.15, 0.2) is 0 Å². The van der Waals surface area contributed by atoms with E-state index in [9.17, 15) is 0 Å². The van der Waals surface area contributed by atoms with E-state index in [0.29, 0.717) is 0 Å². The van der Waals surface area contributed by atoms with Crippen molar-refractivity contribution in [1.29, 1.82) is 0 Å². The van der Waals surface area contributed by atoms with Crippen molar-refractivity contribution in [2.75, 3.05) is 11.9 Å². The van der Waals surface area contributed by atoms with Crippen molar-refractivity contribution in [3.63, 3.8) is 0 Å². The summed E-state index contributed by atoms with van der Waals surface area (Å²) in [6.07, 6.45) is 0.108. The highest BCUT2D eigenvalue weighted by Gasteiger charge is 2.13. The van der Waals surface area contributed by atoms with E-state index in [0.717, 1.165) is 12.3 Å². The van der Waals surface area contributed by atoms with Crippen molar-refractivity contribution in [3.8, 4) is 5.75 Å². The zero-order valence-electron chi connectivity index (χ0n) is 15.2. The third-order valence-corrected chi connectivity index (χ3v) is 4.02. The van der Waals surface area contributed by atoms with E-state index in [2.05, 4.69) is 89.3 Å². The monoisotopic (exact) mass is 311 g/mol. The van der Waals surface area contributed by atoms with E-state index in [4.69, 9.17) is 4.74 Å². The van der Waals surface area contributed by atoms with Crippen molar-refractivity contribution in [2.24, 2.45) is 0 Å². The first-order valence-electron chi connectivity index (χ1n) is 8.34.